The van der Waals surface area contributed by atoms with E-state index in [0.717, 1.165) is 5.56 Å². The summed E-state index contributed by atoms with van der Waals surface area (Å²) in [6.45, 7) is 3.03. The maximum absolute atomic E-state index is 12.6. The summed E-state index contributed by atoms with van der Waals surface area (Å²) in [6.07, 6.45) is 0. The molecule has 1 aliphatic rings. The fraction of sp³-hybridized carbons (Fsp3) is 0.286. The number of aromatic hydroxyl groups is 1. The van der Waals surface area contributed by atoms with Gasteiger partial charge in [-0.3, -0.25) is 9.69 Å². The molecule has 8 heteroatoms. The summed E-state index contributed by atoms with van der Waals surface area (Å²) in [4.78, 5) is 16.5. The fourth-order valence-electron chi connectivity index (χ4n) is 3.37. The number of carbonyl (C=O) groups is 1. The number of carbonyl (C=O) groups excluding carboxylic acids is 1. The third-order valence-electron chi connectivity index (χ3n) is 4.96. The van der Waals surface area contributed by atoms with Crippen molar-refractivity contribution in [3.63, 3.8) is 0 Å². The van der Waals surface area contributed by atoms with E-state index in [1.54, 1.807) is 30.2 Å². The van der Waals surface area contributed by atoms with E-state index in [-0.39, 0.29) is 11.7 Å². The molecule has 0 radical (unpaired) electrons. The third-order valence-corrected chi connectivity index (χ3v) is 4.96. The van der Waals surface area contributed by atoms with Crippen LogP contribution in [-0.2, 0) is 6.54 Å². The van der Waals surface area contributed by atoms with Crippen LogP contribution in [0.3, 0.4) is 0 Å². The average Bonchev–Trinajstić information content (AvgIpc) is 3.22. The molecule has 29 heavy (non-hydrogen) atoms. The number of rotatable bonds is 5. The monoisotopic (exact) mass is 394 g/mol. The maximum atomic E-state index is 12.6. The van der Waals surface area contributed by atoms with Gasteiger partial charge < -0.3 is 19.2 Å². The van der Waals surface area contributed by atoms with Crippen molar-refractivity contribution in [3.8, 4) is 23.0 Å². The minimum absolute atomic E-state index is 0.00894. The number of nitrogens with zero attached hydrogens (tertiary/aromatic N) is 4. The Bertz CT molecular complexity index is 996. The first-order valence-corrected chi connectivity index (χ1v) is 9.41. The number of hydrogen-bond donors (Lipinski definition) is 1. The van der Waals surface area contributed by atoms with E-state index in [9.17, 15) is 9.90 Å². The van der Waals surface area contributed by atoms with Crippen molar-refractivity contribution in [1.29, 1.82) is 0 Å². The molecule has 0 atom stereocenters. The summed E-state index contributed by atoms with van der Waals surface area (Å²) in [5.41, 5.74) is 1.09. The summed E-state index contributed by atoms with van der Waals surface area (Å²) in [6, 6.07) is 14.1. The lowest BCUT2D eigenvalue weighted by atomic mass is 10.1. The fourth-order valence-corrected chi connectivity index (χ4v) is 3.37. The zero-order chi connectivity index (χ0) is 20.2. The van der Waals surface area contributed by atoms with Crippen molar-refractivity contribution in [1.82, 2.24) is 20.0 Å². The van der Waals surface area contributed by atoms with Gasteiger partial charge in [0.2, 0.25) is 5.89 Å². The molecule has 1 saturated heterocycles. The van der Waals surface area contributed by atoms with Crippen LogP contribution in [0.5, 0.6) is 11.5 Å². The summed E-state index contributed by atoms with van der Waals surface area (Å²) in [7, 11) is 1.60. The lowest BCUT2D eigenvalue weighted by molar-refractivity contribution is 0.0615. The predicted molar refractivity (Wildman–Crippen MR) is 106 cm³/mol. The van der Waals surface area contributed by atoms with Crippen LogP contribution in [0.15, 0.2) is 52.9 Å². The highest BCUT2D eigenvalue weighted by molar-refractivity contribution is 5.96. The van der Waals surface area contributed by atoms with Crippen molar-refractivity contribution in [3.05, 3.63) is 60.0 Å². The average molecular weight is 394 g/mol. The first-order chi connectivity index (χ1) is 14.2. The minimum Gasteiger partial charge on any atom is -0.507 e. The van der Waals surface area contributed by atoms with Gasteiger partial charge in [-0.1, -0.05) is 24.3 Å². The number of methoxy groups -OCH3 is 1. The van der Waals surface area contributed by atoms with Crippen molar-refractivity contribution in [2.75, 3.05) is 33.3 Å². The van der Waals surface area contributed by atoms with Crippen molar-refractivity contribution >= 4 is 5.91 Å². The number of para-hydroxylation sites is 2. The van der Waals surface area contributed by atoms with Crippen LogP contribution in [0.25, 0.3) is 11.5 Å². The largest absolute Gasteiger partial charge is 0.507 e. The van der Waals surface area contributed by atoms with Gasteiger partial charge in [-0.2, -0.15) is 0 Å². The highest BCUT2D eigenvalue weighted by atomic mass is 16.5. The summed E-state index contributed by atoms with van der Waals surface area (Å²) >= 11 is 0. The Morgan fingerprint density at radius 1 is 1.07 bits per heavy atom. The maximum Gasteiger partial charge on any atom is 0.257 e. The van der Waals surface area contributed by atoms with Crippen LogP contribution < -0.4 is 4.74 Å². The number of benzene rings is 2. The second-order valence-corrected chi connectivity index (χ2v) is 6.79. The standard InChI is InChI=1S/C21H22N4O4/c1-28-18-9-5-3-7-16(18)20-23-22-19(29-20)14-24-10-12-25(13-11-24)21(27)15-6-2-4-8-17(15)26/h2-9,26H,10-14H2,1H3. The van der Waals surface area contributed by atoms with Gasteiger partial charge in [0.05, 0.1) is 24.8 Å². The van der Waals surface area contributed by atoms with Gasteiger partial charge in [0, 0.05) is 26.2 Å². The van der Waals surface area contributed by atoms with Crippen LogP contribution in [-0.4, -0.2) is 64.3 Å². The molecule has 1 amide bonds. The molecule has 1 N–H and O–H groups in total. The zero-order valence-corrected chi connectivity index (χ0v) is 16.1. The molecule has 1 aliphatic heterocycles. The van der Waals surface area contributed by atoms with E-state index in [0.29, 0.717) is 55.8 Å². The highest BCUT2D eigenvalue weighted by Crippen LogP contribution is 2.28. The molecule has 150 valence electrons. The molecule has 2 heterocycles. The molecular weight excluding hydrogens is 372 g/mol. The Morgan fingerprint density at radius 3 is 2.55 bits per heavy atom. The van der Waals surface area contributed by atoms with Crippen LogP contribution in [0.1, 0.15) is 16.2 Å². The molecule has 8 nitrogen and oxygen atoms in total. The number of ether oxygens (including phenoxy) is 1. The van der Waals surface area contributed by atoms with Gasteiger partial charge in [-0.05, 0) is 24.3 Å². The van der Waals surface area contributed by atoms with E-state index in [1.807, 2.05) is 24.3 Å². The second-order valence-electron chi connectivity index (χ2n) is 6.79. The second kappa shape index (κ2) is 8.32. The normalized spacial score (nSPS) is 14.7. The van der Waals surface area contributed by atoms with Crippen LogP contribution in [0.4, 0.5) is 0 Å². The molecule has 0 unspecified atom stereocenters. The zero-order valence-electron chi connectivity index (χ0n) is 16.1. The third kappa shape index (κ3) is 4.07. The Labute approximate surface area is 168 Å². The molecule has 3 aromatic rings. The van der Waals surface area contributed by atoms with Gasteiger partial charge in [0.15, 0.2) is 0 Å². The summed E-state index contributed by atoms with van der Waals surface area (Å²) in [5, 5.41) is 18.2. The number of piperazine rings is 1. The molecule has 4 rings (SSSR count). The predicted octanol–water partition coefficient (Wildman–Crippen LogP) is 2.41. The Morgan fingerprint density at radius 2 is 1.79 bits per heavy atom. The van der Waals surface area contributed by atoms with E-state index < -0.39 is 0 Å². The number of phenols is 1. The number of amides is 1. The van der Waals surface area contributed by atoms with Gasteiger partial charge in [-0.25, -0.2) is 0 Å². The summed E-state index contributed by atoms with van der Waals surface area (Å²) < 4.78 is 11.2. The van der Waals surface area contributed by atoms with E-state index in [4.69, 9.17) is 9.15 Å². The van der Waals surface area contributed by atoms with Gasteiger partial charge >= 0.3 is 0 Å². The summed E-state index contributed by atoms with van der Waals surface area (Å²) in [5.74, 6) is 1.48. The molecule has 0 saturated carbocycles. The van der Waals surface area contributed by atoms with E-state index in [1.165, 1.54) is 6.07 Å². The smallest absolute Gasteiger partial charge is 0.257 e. The number of aromatic nitrogens is 2. The van der Waals surface area contributed by atoms with Crippen LogP contribution in [0, 0.1) is 0 Å². The molecule has 0 aliphatic carbocycles. The SMILES string of the molecule is COc1ccccc1-c1nnc(CN2CCN(C(=O)c3ccccc3O)CC2)o1. The molecule has 1 aromatic heterocycles. The molecule has 1 fully saturated rings. The van der Waals surface area contributed by atoms with E-state index in [2.05, 4.69) is 15.1 Å². The Balaban J connectivity index is 1.36. The van der Waals surface area contributed by atoms with Crippen LogP contribution in [0.2, 0.25) is 0 Å². The highest BCUT2D eigenvalue weighted by Gasteiger charge is 2.25. The molecule has 0 spiro atoms. The molecule has 2 aromatic carbocycles. The first-order valence-electron chi connectivity index (χ1n) is 9.41. The van der Waals surface area contributed by atoms with Gasteiger partial charge in [-0.15, -0.1) is 10.2 Å². The first kappa shape index (κ1) is 18.9. The van der Waals surface area contributed by atoms with Crippen molar-refractivity contribution < 1.29 is 19.1 Å². The van der Waals surface area contributed by atoms with Crippen molar-refractivity contribution in [2.24, 2.45) is 0 Å². The van der Waals surface area contributed by atoms with Crippen molar-refractivity contribution in [2.45, 2.75) is 6.54 Å². The Kier molecular flexibility index (Phi) is 5.44. The van der Waals surface area contributed by atoms with Crippen LogP contribution >= 0.6 is 0 Å². The van der Waals surface area contributed by atoms with E-state index >= 15 is 0 Å². The molecule has 0 bridgehead atoms. The number of phenolic OH excluding ortho intramolecular Hbond substituents is 1. The van der Waals surface area contributed by atoms with Gasteiger partial charge in [0.1, 0.15) is 11.5 Å². The quantitative estimate of drug-likeness (QED) is 0.710. The number of hydrogen-bond acceptors (Lipinski definition) is 7. The lowest BCUT2D eigenvalue weighted by Gasteiger charge is -2.34. The topological polar surface area (TPSA) is 91.9 Å². The minimum atomic E-state index is -0.154. The molecular formula is C21H22N4O4. The van der Waals surface area contributed by atoms with Gasteiger partial charge in [0.25, 0.3) is 11.8 Å². The Hall–Kier alpha value is -3.39. The lowest BCUT2D eigenvalue weighted by Crippen LogP contribution is -2.48.